The Hall–Kier alpha value is -1.38. The Morgan fingerprint density at radius 2 is 2.15 bits per heavy atom. The summed E-state index contributed by atoms with van der Waals surface area (Å²) in [5.74, 6) is 0.135. The molecular formula is C10H12N2O. The largest absolute Gasteiger partial charge is 0.313 e. The summed E-state index contributed by atoms with van der Waals surface area (Å²) in [6, 6.07) is 1.91. The summed E-state index contributed by atoms with van der Waals surface area (Å²) >= 11 is 0. The fraction of sp³-hybridized carbons (Fsp3) is 0.400. The average molecular weight is 176 g/mol. The fourth-order valence-corrected chi connectivity index (χ4v) is 1.83. The number of nitrogens with zero attached hydrogens (tertiary/aromatic N) is 2. The van der Waals surface area contributed by atoms with Crippen LogP contribution in [0.25, 0.3) is 0 Å². The molecular weight excluding hydrogens is 164 g/mol. The second-order valence-electron chi connectivity index (χ2n) is 3.88. The summed E-state index contributed by atoms with van der Waals surface area (Å²) in [6.45, 7) is 3.88. The van der Waals surface area contributed by atoms with E-state index in [-0.39, 0.29) is 5.91 Å². The number of anilines is 1. The van der Waals surface area contributed by atoms with Crippen molar-refractivity contribution in [3.05, 3.63) is 24.0 Å². The van der Waals surface area contributed by atoms with Crippen LogP contribution in [0.5, 0.6) is 0 Å². The van der Waals surface area contributed by atoms with Crippen LogP contribution in [0.2, 0.25) is 0 Å². The van der Waals surface area contributed by atoms with Gasteiger partial charge >= 0.3 is 0 Å². The van der Waals surface area contributed by atoms with E-state index in [0.717, 1.165) is 11.3 Å². The lowest BCUT2D eigenvalue weighted by Gasteiger charge is -2.16. The van der Waals surface area contributed by atoms with Gasteiger partial charge in [0.25, 0.3) is 0 Å². The highest BCUT2D eigenvalue weighted by molar-refractivity contribution is 6.06. The maximum Gasteiger partial charge on any atom is 0.236 e. The maximum absolute atomic E-state index is 11.8. The number of carbonyl (C=O) groups excluding carboxylic acids is 1. The smallest absolute Gasteiger partial charge is 0.236 e. The predicted octanol–water partition coefficient (Wildman–Crippen LogP) is 1.34. The SMILES string of the molecule is CN1C(=O)C(C)(C)c2ccncc21. The first-order valence-electron chi connectivity index (χ1n) is 4.28. The van der Waals surface area contributed by atoms with Crippen molar-refractivity contribution in [1.29, 1.82) is 0 Å². The van der Waals surface area contributed by atoms with E-state index < -0.39 is 5.41 Å². The molecule has 2 rings (SSSR count). The second kappa shape index (κ2) is 2.31. The van der Waals surface area contributed by atoms with Crippen LogP contribution in [0.3, 0.4) is 0 Å². The van der Waals surface area contributed by atoms with Crippen LogP contribution in [0.4, 0.5) is 5.69 Å². The number of hydrogen-bond donors (Lipinski definition) is 0. The summed E-state index contributed by atoms with van der Waals surface area (Å²) < 4.78 is 0. The monoisotopic (exact) mass is 176 g/mol. The van der Waals surface area contributed by atoms with Crippen molar-refractivity contribution in [3.63, 3.8) is 0 Å². The third-order valence-corrected chi connectivity index (χ3v) is 2.67. The molecule has 3 nitrogen and oxygen atoms in total. The second-order valence-corrected chi connectivity index (χ2v) is 3.88. The lowest BCUT2D eigenvalue weighted by atomic mass is 9.87. The van der Waals surface area contributed by atoms with Gasteiger partial charge in [-0.15, -0.1) is 0 Å². The summed E-state index contributed by atoms with van der Waals surface area (Å²) in [4.78, 5) is 17.5. The Kier molecular flexibility index (Phi) is 1.46. The molecule has 0 bridgehead atoms. The van der Waals surface area contributed by atoms with E-state index in [1.54, 1.807) is 24.3 Å². The highest BCUT2D eigenvalue weighted by Crippen LogP contribution is 2.39. The van der Waals surface area contributed by atoms with Gasteiger partial charge in [0.1, 0.15) is 0 Å². The normalized spacial score (nSPS) is 19.0. The minimum absolute atomic E-state index is 0.135. The number of carbonyl (C=O) groups is 1. The summed E-state index contributed by atoms with van der Waals surface area (Å²) in [7, 11) is 1.79. The van der Waals surface area contributed by atoms with Crippen molar-refractivity contribution in [2.24, 2.45) is 0 Å². The van der Waals surface area contributed by atoms with E-state index in [4.69, 9.17) is 0 Å². The molecule has 13 heavy (non-hydrogen) atoms. The fourth-order valence-electron chi connectivity index (χ4n) is 1.83. The van der Waals surface area contributed by atoms with Gasteiger partial charge in [-0.1, -0.05) is 0 Å². The molecule has 1 aromatic rings. The Labute approximate surface area is 77.4 Å². The molecule has 0 saturated heterocycles. The van der Waals surface area contributed by atoms with Crippen LogP contribution < -0.4 is 4.90 Å². The van der Waals surface area contributed by atoms with Gasteiger partial charge in [-0.25, -0.2) is 0 Å². The van der Waals surface area contributed by atoms with Crippen molar-refractivity contribution >= 4 is 11.6 Å². The summed E-state index contributed by atoms with van der Waals surface area (Å²) in [5.41, 5.74) is 1.60. The molecule has 1 aromatic heterocycles. The van der Waals surface area contributed by atoms with Crippen molar-refractivity contribution in [2.45, 2.75) is 19.3 Å². The quantitative estimate of drug-likeness (QED) is 0.597. The van der Waals surface area contributed by atoms with Crippen LogP contribution in [0.1, 0.15) is 19.4 Å². The third-order valence-electron chi connectivity index (χ3n) is 2.67. The lowest BCUT2D eigenvalue weighted by Crippen LogP contribution is -2.33. The van der Waals surface area contributed by atoms with Crippen molar-refractivity contribution in [2.75, 3.05) is 11.9 Å². The van der Waals surface area contributed by atoms with E-state index in [9.17, 15) is 4.79 Å². The van der Waals surface area contributed by atoms with E-state index in [1.165, 1.54) is 0 Å². The minimum atomic E-state index is -0.396. The third kappa shape index (κ3) is 0.899. The van der Waals surface area contributed by atoms with Gasteiger partial charge in [0.2, 0.25) is 5.91 Å². The van der Waals surface area contributed by atoms with Crippen LogP contribution in [-0.4, -0.2) is 17.9 Å². The number of amides is 1. The van der Waals surface area contributed by atoms with Crippen molar-refractivity contribution in [1.82, 2.24) is 4.98 Å². The summed E-state index contributed by atoms with van der Waals surface area (Å²) in [6.07, 6.45) is 3.47. The first kappa shape index (κ1) is 8.23. The van der Waals surface area contributed by atoms with Gasteiger partial charge in [-0.05, 0) is 25.5 Å². The molecule has 2 heterocycles. The Balaban J connectivity index is 2.68. The molecule has 0 saturated carbocycles. The van der Waals surface area contributed by atoms with Gasteiger partial charge in [-0.2, -0.15) is 0 Å². The molecule has 0 aromatic carbocycles. The van der Waals surface area contributed by atoms with Crippen molar-refractivity contribution in [3.8, 4) is 0 Å². The molecule has 0 fully saturated rings. The number of pyridine rings is 1. The Bertz CT molecular complexity index is 371. The molecule has 1 amide bonds. The highest BCUT2D eigenvalue weighted by Gasteiger charge is 2.41. The van der Waals surface area contributed by atoms with E-state index in [0.29, 0.717) is 0 Å². The number of fused-ring (bicyclic) bond motifs is 1. The molecule has 1 aliphatic rings. The zero-order valence-electron chi connectivity index (χ0n) is 8.03. The Morgan fingerprint density at radius 3 is 2.77 bits per heavy atom. The van der Waals surface area contributed by atoms with Crippen molar-refractivity contribution < 1.29 is 4.79 Å². The predicted molar refractivity (Wildman–Crippen MR) is 50.7 cm³/mol. The summed E-state index contributed by atoms with van der Waals surface area (Å²) in [5, 5.41) is 0. The zero-order chi connectivity index (χ0) is 9.64. The number of aromatic nitrogens is 1. The standard InChI is InChI=1S/C10H12N2O/c1-10(2)7-4-5-11-6-8(7)12(3)9(10)13/h4-6H,1-3H3. The maximum atomic E-state index is 11.8. The van der Waals surface area contributed by atoms with E-state index in [1.807, 2.05) is 19.9 Å². The zero-order valence-corrected chi connectivity index (χ0v) is 8.03. The van der Waals surface area contributed by atoms with Crippen LogP contribution in [0, 0.1) is 0 Å². The van der Waals surface area contributed by atoms with E-state index >= 15 is 0 Å². The lowest BCUT2D eigenvalue weighted by molar-refractivity contribution is -0.121. The Morgan fingerprint density at radius 1 is 1.46 bits per heavy atom. The molecule has 68 valence electrons. The molecule has 3 heteroatoms. The highest BCUT2D eigenvalue weighted by atomic mass is 16.2. The number of likely N-dealkylation sites (N-methyl/N-ethyl adjacent to an activating group) is 1. The van der Waals surface area contributed by atoms with Gasteiger partial charge in [-0.3, -0.25) is 9.78 Å². The van der Waals surface area contributed by atoms with Gasteiger partial charge < -0.3 is 4.90 Å². The molecule has 0 N–H and O–H groups in total. The molecule has 0 spiro atoms. The van der Waals surface area contributed by atoms with Gasteiger partial charge in [0.05, 0.1) is 17.3 Å². The first-order valence-corrected chi connectivity index (χ1v) is 4.28. The topological polar surface area (TPSA) is 33.2 Å². The van der Waals surface area contributed by atoms with E-state index in [2.05, 4.69) is 4.98 Å². The first-order chi connectivity index (χ1) is 6.05. The average Bonchev–Trinajstić information content (AvgIpc) is 2.30. The molecule has 0 aliphatic carbocycles. The van der Waals surface area contributed by atoms with Crippen LogP contribution >= 0.6 is 0 Å². The van der Waals surface area contributed by atoms with Crippen LogP contribution in [-0.2, 0) is 10.2 Å². The molecule has 0 radical (unpaired) electrons. The van der Waals surface area contributed by atoms with Gasteiger partial charge in [0.15, 0.2) is 0 Å². The van der Waals surface area contributed by atoms with Crippen LogP contribution in [0.15, 0.2) is 18.5 Å². The molecule has 1 aliphatic heterocycles. The van der Waals surface area contributed by atoms with Gasteiger partial charge in [0, 0.05) is 13.2 Å². The minimum Gasteiger partial charge on any atom is -0.313 e. The number of rotatable bonds is 0. The molecule has 0 atom stereocenters. The molecule has 0 unspecified atom stereocenters. The number of hydrogen-bond acceptors (Lipinski definition) is 2.